The van der Waals surface area contributed by atoms with Gasteiger partial charge in [0.1, 0.15) is 11.9 Å². The highest BCUT2D eigenvalue weighted by Crippen LogP contribution is 2.28. The number of ether oxygens (including phenoxy) is 1. The molecule has 5 nitrogen and oxygen atoms in total. The molecule has 0 bridgehead atoms. The summed E-state index contributed by atoms with van der Waals surface area (Å²) in [6.45, 7) is 6.04. The summed E-state index contributed by atoms with van der Waals surface area (Å²) in [5, 5.41) is 3.01. The van der Waals surface area contributed by atoms with Crippen LogP contribution in [0.25, 0.3) is 0 Å². The van der Waals surface area contributed by atoms with Crippen LogP contribution < -0.4 is 10.1 Å². The number of hydrogen-bond donors (Lipinski definition) is 1. The van der Waals surface area contributed by atoms with Crippen LogP contribution in [0.2, 0.25) is 0 Å². The van der Waals surface area contributed by atoms with Crippen LogP contribution >= 0.6 is 0 Å². The van der Waals surface area contributed by atoms with Crippen LogP contribution in [-0.2, 0) is 4.79 Å². The third-order valence-corrected chi connectivity index (χ3v) is 6.55. The Labute approximate surface area is 163 Å². The molecule has 1 aromatic rings. The van der Waals surface area contributed by atoms with Crippen molar-refractivity contribution in [2.45, 2.75) is 70.1 Å². The van der Waals surface area contributed by atoms with Crippen molar-refractivity contribution in [3.63, 3.8) is 0 Å². The number of nitrogens with zero attached hydrogens (tertiary/aromatic N) is 2. The van der Waals surface area contributed by atoms with Gasteiger partial charge in [-0.15, -0.1) is 0 Å². The molecule has 1 atom stereocenters. The molecule has 0 radical (unpaired) electrons. The van der Waals surface area contributed by atoms with Crippen molar-refractivity contribution in [3.05, 3.63) is 24.3 Å². The Morgan fingerprint density at radius 3 is 2.37 bits per heavy atom. The van der Waals surface area contributed by atoms with E-state index in [1.165, 1.54) is 45.2 Å². The van der Waals surface area contributed by atoms with Gasteiger partial charge in [0, 0.05) is 30.9 Å². The van der Waals surface area contributed by atoms with E-state index in [1.807, 2.05) is 24.3 Å². The highest BCUT2D eigenvalue weighted by molar-refractivity contribution is 5.92. The average Bonchev–Trinajstić information content (AvgIpc) is 3.01. The second kappa shape index (κ2) is 8.61. The summed E-state index contributed by atoms with van der Waals surface area (Å²) in [6, 6.07) is 9.21. The minimum atomic E-state index is 0.0702. The molecule has 0 aromatic heterocycles. The molecule has 1 amide bonds. The quantitative estimate of drug-likeness (QED) is 0.831. The fraction of sp³-hybridized carbons (Fsp3) is 0.682. The number of piperidine rings is 1. The summed E-state index contributed by atoms with van der Waals surface area (Å²) in [5.74, 6) is 0.976. The molecule has 4 rings (SSSR count). The van der Waals surface area contributed by atoms with Crippen LogP contribution in [0, 0.1) is 0 Å². The Balaban J connectivity index is 1.21. The first-order valence-corrected chi connectivity index (χ1v) is 10.7. The van der Waals surface area contributed by atoms with Crippen LogP contribution in [0.3, 0.4) is 0 Å². The number of rotatable bonds is 6. The molecule has 1 aliphatic carbocycles. The lowest BCUT2D eigenvalue weighted by Crippen LogP contribution is -2.46. The Morgan fingerprint density at radius 1 is 1.04 bits per heavy atom. The van der Waals surface area contributed by atoms with Gasteiger partial charge in [0.25, 0.3) is 0 Å². The molecular formula is C22H33N3O2. The fourth-order valence-electron chi connectivity index (χ4n) is 4.53. The lowest BCUT2D eigenvalue weighted by Gasteiger charge is -2.41. The molecule has 5 heteroatoms. The zero-order chi connectivity index (χ0) is 18.6. The van der Waals surface area contributed by atoms with Gasteiger partial charge in [-0.2, -0.15) is 0 Å². The van der Waals surface area contributed by atoms with Gasteiger partial charge in [0.05, 0.1) is 6.54 Å². The van der Waals surface area contributed by atoms with Gasteiger partial charge in [0.2, 0.25) is 5.91 Å². The number of hydrogen-bond acceptors (Lipinski definition) is 4. The van der Waals surface area contributed by atoms with Gasteiger partial charge in [-0.3, -0.25) is 9.69 Å². The van der Waals surface area contributed by atoms with Crippen LogP contribution in [0.4, 0.5) is 5.69 Å². The largest absolute Gasteiger partial charge is 0.490 e. The van der Waals surface area contributed by atoms with Crippen LogP contribution in [0.1, 0.15) is 51.9 Å². The van der Waals surface area contributed by atoms with Gasteiger partial charge in [-0.25, -0.2) is 0 Å². The van der Waals surface area contributed by atoms with Crippen LogP contribution in [0.5, 0.6) is 5.75 Å². The highest BCUT2D eigenvalue weighted by atomic mass is 16.5. The molecule has 3 aliphatic rings. The van der Waals surface area contributed by atoms with E-state index < -0.39 is 0 Å². The SMILES string of the molecule is C[C@@H]1CCCN1CC(=O)Nc1ccc(OC2CCN(C3CCC3)CC2)cc1. The smallest absolute Gasteiger partial charge is 0.238 e. The topological polar surface area (TPSA) is 44.8 Å². The van der Waals surface area contributed by atoms with E-state index in [0.29, 0.717) is 18.7 Å². The highest BCUT2D eigenvalue weighted by Gasteiger charge is 2.29. The lowest BCUT2D eigenvalue weighted by molar-refractivity contribution is -0.117. The maximum absolute atomic E-state index is 12.2. The van der Waals surface area contributed by atoms with Crippen LogP contribution in [0.15, 0.2) is 24.3 Å². The monoisotopic (exact) mass is 371 g/mol. The van der Waals surface area contributed by atoms with E-state index in [4.69, 9.17) is 4.74 Å². The number of carbonyl (C=O) groups excluding carboxylic acids is 1. The van der Waals surface area contributed by atoms with Gasteiger partial charge < -0.3 is 15.0 Å². The normalized spacial score (nSPS) is 25.3. The molecular weight excluding hydrogens is 338 g/mol. The Morgan fingerprint density at radius 2 is 1.78 bits per heavy atom. The summed E-state index contributed by atoms with van der Waals surface area (Å²) in [4.78, 5) is 17.1. The third kappa shape index (κ3) is 4.82. The molecule has 1 saturated carbocycles. The molecule has 0 unspecified atom stereocenters. The maximum Gasteiger partial charge on any atom is 0.238 e. The average molecular weight is 372 g/mol. The molecule has 3 fully saturated rings. The molecule has 0 spiro atoms. The van der Waals surface area contributed by atoms with E-state index >= 15 is 0 Å². The standard InChI is InChI=1S/C22H33N3O2/c1-17-4-3-13-25(17)16-22(26)23-18-7-9-20(10-8-18)27-21-11-14-24(15-12-21)19-5-2-6-19/h7-10,17,19,21H,2-6,11-16H2,1H3,(H,23,26)/t17-/m1/s1. The molecule has 1 N–H and O–H groups in total. The van der Waals surface area contributed by atoms with Crippen molar-refractivity contribution >= 4 is 11.6 Å². The molecule has 1 aromatic carbocycles. The summed E-state index contributed by atoms with van der Waals surface area (Å²) >= 11 is 0. The van der Waals surface area contributed by atoms with E-state index in [0.717, 1.165) is 36.9 Å². The van der Waals surface area contributed by atoms with Gasteiger partial charge in [-0.05, 0) is 76.3 Å². The molecule has 2 saturated heterocycles. The third-order valence-electron chi connectivity index (χ3n) is 6.55. The van der Waals surface area contributed by atoms with Crippen molar-refractivity contribution in [2.24, 2.45) is 0 Å². The molecule has 2 heterocycles. The number of amides is 1. The number of likely N-dealkylation sites (tertiary alicyclic amines) is 2. The summed E-state index contributed by atoms with van der Waals surface area (Å²) in [7, 11) is 0. The number of anilines is 1. The lowest BCUT2D eigenvalue weighted by atomic mass is 9.90. The van der Waals surface area contributed by atoms with Crippen molar-refractivity contribution in [3.8, 4) is 5.75 Å². The van der Waals surface area contributed by atoms with Gasteiger partial charge in [0.15, 0.2) is 0 Å². The summed E-state index contributed by atoms with van der Waals surface area (Å²) in [6.07, 6.45) is 9.11. The van der Waals surface area contributed by atoms with Crippen molar-refractivity contribution in [2.75, 3.05) is 31.5 Å². The first kappa shape index (κ1) is 18.8. The summed E-state index contributed by atoms with van der Waals surface area (Å²) < 4.78 is 6.17. The second-order valence-electron chi connectivity index (χ2n) is 8.47. The number of benzene rings is 1. The van der Waals surface area contributed by atoms with Gasteiger partial charge in [-0.1, -0.05) is 6.42 Å². The van der Waals surface area contributed by atoms with Crippen LogP contribution in [-0.4, -0.2) is 60.1 Å². The van der Waals surface area contributed by atoms with Gasteiger partial charge >= 0.3 is 0 Å². The Kier molecular flexibility index (Phi) is 5.98. The minimum Gasteiger partial charge on any atom is -0.490 e. The first-order valence-electron chi connectivity index (χ1n) is 10.7. The molecule has 2 aliphatic heterocycles. The zero-order valence-corrected chi connectivity index (χ0v) is 16.5. The molecule has 148 valence electrons. The van der Waals surface area contributed by atoms with Crippen molar-refractivity contribution < 1.29 is 9.53 Å². The fourth-order valence-corrected chi connectivity index (χ4v) is 4.53. The second-order valence-corrected chi connectivity index (χ2v) is 8.47. The van der Waals surface area contributed by atoms with Crippen molar-refractivity contribution in [1.29, 1.82) is 0 Å². The minimum absolute atomic E-state index is 0.0702. The summed E-state index contributed by atoms with van der Waals surface area (Å²) in [5.41, 5.74) is 0.846. The van der Waals surface area contributed by atoms with Crippen molar-refractivity contribution in [1.82, 2.24) is 9.80 Å². The number of nitrogens with one attached hydrogen (secondary N) is 1. The number of carbonyl (C=O) groups is 1. The Hall–Kier alpha value is -1.59. The Bertz CT molecular complexity index is 621. The first-order chi connectivity index (χ1) is 13.2. The van der Waals surface area contributed by atoms with E-state index in [1.54, 1.807) is 0 Å². The van der Waals surface area contributed by atoms with E-state index in [9.17, 15) is 4.79 Å². The van der Waals surface area contributed by atoms with E-state index in [-0.39, 0.29) is 5.91 Å². The predicted octanol–water partition coefficient (Wildman–Crippen LogP) is 3.51. The zero-order valence-electron chi connectivity index (χ0n) is 16.5. The maximum atomic E-state index is 12.2. The molecule has 27 heavy (non-hydrogen) atoms. The van der Waals surface area contributed by atoms with E-state index in [2.05, 4.69) is 22.0 Å². The predicted molar refractivity (Wildman–Crippen MR) is 108 cm³/mol.